The van der Waals surface area contributed by atoms with E-state index in [2.05, 4.69) is 22.2 Å². The van der Waals surface area contributed by atoms with Gasteiger partial charge in [0.15, 0.2) is 10.0 Å². The molecule has 1 aromatic carbocycles. The Morgan fingerprint density at radius 1 is 1.28 bits per heavy atom. The molecular formula is C25H31ClN6O5S2. The van der Waals surface area contributed by atoms with E-state index in [-0.39, 0.29) is 54.5 Å². The zero-order valence-corrected chi connectivity index (χ0v) is 24.3. The molecule has 1 saturated heterocycles. The smallest absolute Gasteiger partial charge is 0.283 e. The van der Waals surface area contributed by atoms with Gasteiger partial charge in [-0.1, -0.05) is 11.6 Å². The monoisotopic (exact) mass is 594 g/mol. The molecule has 2 unspecified atom stereocenters. The maximum Gasteiger partial charge on any atom is 0.283 e. The quantitative estimate of drug-likeness (QED) is 0.395. The van der Waals surface area contributed by atoms with Crippen molar-refractivity contribution in [3.05, 3.63) is 44.4 Å². The van der Waals surface area contributed by atoms with Crippen LogP contribution in [0.15, 0.2) is 23.2 Å². The van der Waals surface area contributed by atoms with Gasteiger partial charge in [-0.05, 0) is 25.1 Å². The van der Waals surface area contributed by atoms with Crippen molar-refractivity contribution in [2.24, 2.45) is 0 Å². The normalized spacial score (nSPS) is 20.3. The van der Waals surface area contributed by atoms with Crippen LogP contribution in [0.3, 0.4) is 0 Å². The zero-order valence-electron chi connectivity index (χ0n) is 21.9. The molecule has 4 heterocycles. The number of nitrogens with zero attached hydrogens (tertiary/aromatic N) is 4. The molecule has 210 valence electrons. The molecule has 3 N–H and O–H groups in total. The van der Waals surface area contributed by atoms with E-state index in [0.717, 1.165) is 17.0 Å². The minimum absolute atomic E-state index is 0.0331. The van der Waals surface area contributed by atoms with Gasteiger partial charge in [-0.15, -0.1) is 11.3 Å². The number of sulfonamides is 1. The third-order valence-electron chi connectivity index (χ3n) is 7.27. The predicted molar refractivity (Wildman–Crippen MR) is 148 cm³/mol. The van der Waals surface area contributed by atoms with Gasteiger partial charge in [-0.3, -0.25) is 9.59 Å². The highest BCUT2D eigenvalue weighted by Gasteiger charge is 2.40. The summed E-state index contributed by atoms with van der Waals surface area (Å²) >= 11 is 7.46. The Balaban J connectivity index is 1.45. The number of hydrogen-bond donors (Lipinski definition) is 3. The number of aromatic nitrogens is 2. The van der Waals surface area contributed by atoms with Crippen LogP contribution in [-0.4, -0.2) is 95.2 Å². The number of hydrogen-bond acceptors (Lipinski definition) is 8. The first-order valence-electron chi connectivity index (χ1n) is 12.6. The van der Waals surface area contributed by atoms with Crippen molar-refractivity contribution in [2.45, 2.75) is 50.0 Å². The van der Waals surface area contributed by atoms with Crippen molar-refractivity contribution in [3.63, 3.8) is 0 Å². The molecule has 2 aromatic heterocycles. The second-order valence-corrected chi connectivity index (χ2v) is 13.6. The zero-order chi connectivity index (χ0) is 28.1. The number of amides is 2. The van der Waals surface area contributed by atoms with Crippen LogP contribution in [0.2, 0.25) is 5.02 Å². The molecule has 14 heteroatoms. The highest BCUT2D eigenvalue weighted by molar-refractivity contribution is 7.89. The van der Waals surface area contributed by atoms with Crippen LogP contribution in [0.1, 0.15) is 39.3 Å². The molecule has 2 atom stereocenters. The maximum atomic E-state index is 13.8. The number of fused-ring (bicyclic) bond motifs is 2. The summed E-state index contributed by atoms with van der Waals surface area (Å²) in [4.78, 5) is 37.9. The standard InChI is InChI=1S/C25H31ClN6O5S2/c1-14-8-20-21(11-27-14)38-23(28-20)25(35)32-7-6-31(12-16(32)10-22(34)30(2)3)39(36,37)24-18(13-33)17-9-15(26)4-5-19(17)29-24/h4-5,9,14,16,27,29,33H,6-8,10-13H2,1-3H3. The summed E-state index contributed by atoms with van der Waals surface area (Å²) in [6, 6.07) is 4.49. The molecule has 39 heavy (non-hydrogen) atoms. The molecule has 11 nitrogen and oxygen atoms in total. The van der Waals surface area contributed by atoms with Crippen molar-refractivity contribution in [1.29, 1.82) is 0 Å². The number of benzene rings is 1. The third-order valence-corrected chi connectivity index (χ3v) is 10.5. The van der Waals surface area contributed by atoms with E-state index in [4.69, 9.17) is 11.6 Å². The molecule has 3 aromatic rings. The highest BCUT2D eigenvalue weighted by atomic mass is 35.5. The number of rotatable bonds is 6. The van der Waals surface area contributed by atoms with Gasteiger partial charge in [0, 0.05) is 85.5 Å². The lowest BCUT2D eigenvalue weighted by molar-refractivity contribution is -0.130. The molecule has 0 aliphatic carbocycles. The summed E-state index contributed by atoms with van der Waals surface area (Å²) in [5, 5.41) is 14.6. The molecule has 2 aliphatic heterocycles. The van der Waals surface area contributed by atoms with E-state index in [1.807, 2.05) is 0 Å². The average Bonchev–Trinajstić information content (AvgIpc) is 3.49. The maximum absolute atomic E-state index is 13.8. The molecule has 0 spiro atoms. The Labute approximate surface area is 235 Å². The fraction of sp³-hybridized carbons (Fsp3) is 0.480. The van der Waals surface area contributed by atoms with Gasteiger partial charge >= 0.3 is 0 Å². The van der Waals surface area contributed by atoms with Gasteiger partial charge in [0.05, 0.1) is 18.3 Å². The number of nitrogens with one attached hydrogen (secondary N) is 2. The second kappa shape index (κ2) is 10.8. The Hall–Kier alpha value is -2.55. The van der Waals surface area contributed by atoms with Gasteiger partial charge in [0.1, 0.15) is 0 Å². The van der Waals surface area contributed by atoms with Crippen LogP contribution < -0.4 is 5.32 Å². The van der Waals surface area contributed by atoms with Crippen molar-refractivity contribution in [1.82, 2.24) is 29.4 Å². The molecule has 0 radical (unpaired) electrons. The Morgan fingerprint density at radius 3 is 2.77 bits per heavy atom. The molecule has 5 rings (SSSR count). The van der Waals surface area contributed by atoms with Gasteiger partial charge < -0.3 is 25.2 Å². The van der Waals surface area contributed by atoms with Crippen LogP contribution in [0.4, 0.5) is 0 Å². The molecular weight excluding hydrogens is 564 g/mol. The first kappa shape index (κ1) is 28.0. The Kier molecular flexibility index (Phi) is 7.74. The van der Waals surface area contributed by atoms with Gasteiger partial charge in [0.2, 0.25) is 5.91 Å². The topological polar surface area (TPSA) is 139 Å². The number of aliphatic hydroxyl groups is 1. The average molecular weight is 595 g/mol. The number of carbonyl (C=O) groups excluding carboxylic acids is 2. The summed E-state index contributed by atoms with van der Waals surface area (Å²) in [5.41, 5.74) is 1.67. The SMILES string of the molecule is CC1Cc2nc(C(=O)N3CCN(S(=O)(=O)c4[nH]c5ccc(Cl)cc5c4CO)CC3CC(=O)N(C)C)sc2CN1. The van der Waals surface area contributed by atoms with Crippen molar-refractivity contribution < 1.29 is 23.1 Å². The van der Waals surface area contributed by atoms with Crippen molar-refractivity contribution in [3.8, 4) is 0 Å². The van der Waals surface area contributed by atoms with Crippen molar-refractivity contribution >= 4 is 55.7 Å². The van der Waals surface area contributed by atoms with Gasteiger partial charge in [-0.25, -0.2) is 13.4 Å². The largest absolute Gasteiger partial charge is 0.392 e. The van der Waals surface area contributed by atoms with Crippen molar-refractivity contribution in [2.75, 3.05) is 33.7 Å². The lowest BCUT2D eigenvalue weighted by Gasteiger charge is -2.40. The van der Waals surface area contributed by atoms with E-state index >= 15 is 0 Å². The van der Waals surface area contributed by atoms with E-state index in [1.54, 1.807) is 37.2 Å². The second-order valence-electron chi connectivity index (χ2n) is 10.2. The summed E-state index contributed by atoms with van der Waals surface area (Å²) in [6.07, 6.45) is 0.695. The predicted octanol–water partition coefficient (Wildman–Crippen LogP) is 1.80. The van der Waals surface area contributed by atoms with E-state index in [0.29, 0.717) is 27.5 Å². The van der Waals surface area contributed by atoms with E-state index < -0.39 is 22.7 Å². The minimum Gasteiger partial charge on any atom is -0.392 e. The fourth-order valence-electron chi connectivity index (χ4n) is 5.10. The molecule has 0 saturated carbocycles. The van der Waals surface area contributed by atoms with Crippen LogP contribution in [0.5, 0.6) is 0 Å². The van der Waals surface area contributed by atoms with Crippen LogP contribution in [0.25, 0.3) is 10.9 Å². The number of H-pyrrole nitrogens is 1. The Bertz CT molecular complexity index is 1530. The minimum atomic E-state index is -4.10. The summed E-state index contributed by atoms with van der Waals surface area (Å²) in [5.74, 6) is -0.517. The highest BCUT2D eigenvalue weighted by Crippen LogP contribution is 2.32. The summed E-state index contributed by atoms with van der Waals surface area (Å²) < 4.78 is 28.9. The number of thiazole rings is 1. The number of aliphatic hydroxyl groups excluding tert-OH is 1. The lowest BCUT2D eigenvalue weighted by Crippen LogP contribution is -2.57. The number of piperazine rings is 1. The van der Waals surface area contributed by atoms with Crippen LogP contribution in [-0.2, 0) is 34.4 Å². The molecule has 0 bridgehead atoms. The fourth-order valence-corrected chi connectivity index (χ4v) is 7.94. The number of aromatic amines is 1. The van der Waals surface area contributed by atoms with Gasteiger partial charge in [-0.2, -0.15) is 4.31 Å². The van der Waals surface area contributed by atoms with E-state index in [1.165, 1.54) is 20.5 Å². The summed E-state index contributed by atoms with van der Waals surface area (Å²) in [7, 11) is -0.854. The number of halogens is 1. The molecule has 2 amide bonds. The van der Waals surface area contributed by atoms with E-state index in [9.17, 15) is 23.1 Å². The first-order chi connectivity index (χ1) is 18.5. The van der Waals surface area contributed by atoms with Crippen LogP contribution >= 0.6 is 22.9 Å². The summed E-state index contributed by atoms with van der Waals surface area (Å²) in [6.45, 7) is 2.28. The van der Waals surface area contributed by atoms with Crippen LogP contribution in [0, 0.1) is 0 Å². The van der Waals surface area contributed by atoms with Gasteiger partial charge in [0.25, 0.3) is 15.9 Å². The third kappa shape index (κ3) is 5.31. The molecule has 1 fully saturated rings. The number of carbonyl (C=O) groups is 2. The molecule has 2 aliphatic rings. The lowest BCUT2D eigenvalue weighted by atomic mass is 10.1. The first-order valence-corrected chi connectivity index (χ1v) is 15.3. The Morgan fingerprint density at radius 2 is 2.05 bits per heavy atom.